The Morgan fingerprint density at radius 2 is 1.67 bits per heavy atom. The molecule has 0 saturated heterocycles. The first-order valence-corrected chi connectivity index (χ1v) is 12.7. The Kier molecular flexibility index (Phi) is 5.26. The molecule has 0 atom stereocenters. The van der Waals surface area contributed by atoms with Crippen LogP contribution in [0, 0.1) is 5.92 Å². The fourth-order valence-corrected chi connectivity index (χ4v) is 5.25. The van der Waals surface area contributed by atoms with Crippen LogP contribution in [-0.4, -0.2) is 4.98 Å². The third kappa shape index (κ3) is 3.89. The lowest BCUT2D eigenvalue weighted by molar-refractivity contribution is 0.594. The lowest BCUT2D eigenvalue weighted by atomic mass is 9.82. The zero-order valence-electron chi connectivity index (χ0n) is 21.6. The fourth-order valence-electron chi connectivity index (χ4n) is 5.25. The molecular weight excluding hydrogens is 442 g/mol. The number of nitrogens with zero attached hydrogens (tertiary/aromatic N) is 1. The van der Waals surface area contributed by atoms with Gasteiger partial charge in [-0.15, -0.1) is 0 Å². The van der Waals surface area contributed by atoms with Crippen LogP contribution in [0.25, 0.3) is 55.2 Å². The third-order valence-electron chi connectivity index (χ3n) is 6.97. The summed E-state index contributed by atoms with van der Waals surface area (Å²) >= 11 is 0. The van der Waals surface area contributed by atoms with Crippen molar-refractivity contribution in [3.63, 3.8) is 0 Å². The standard InChI is InChI=1S/C33H31NO2/c1-20(2)14-24-19-36-31-17-22(10-11-26(24)31)27-18-30(34-29-12-13-35-32(27)29)23-15-21-8-6-7-9-25(21)28(16-23)33(3,4)5/h6-13,15-20H,14H2,1-5H3. The van der Waals surface area contributed by atoms with Crippen molar-refractivity contribution in [2.24, 2.45) is 5.92 Å². The number of rotatable bonds is 4. The van der Waals surface area contributed by atoms with Gasteiger partial charge in [0, 0.05) is 22.6 Å². The van der Waals surface area contributed by atoms with E-state index in [0.29, 0.717) is 5.92 Å². The second-order valence-electron chi connectivity index (χ2n) is 11.3. The highest BCUT2D eigenvalue weighted by atomic mass is 16.3. The Morgan fingerprint density at radius 3 is 2.47 bits per heavy atom. The summed E-state index contributed by atoms with van der Waals surface area (Å²) in [6, 6.07) is 23.7. The van der Waals surface area contributed by atoms with E-state index in [1.165, 1.54) is 27.3 Å². The summed E-state index contributed by atoms with van der Waals surface area (Å²) in [6.07, 6.45) is 4.63. The first-order valence-electron chi connectivity index (χ1n) is 12.7. The van der Waals surface area contributed by atoms with Gasteiger partial charge in [0.1, 0.15) is 11.1 Å². The van der Waals surface area contributed by atoms with Crippen molar-refractivity contribution in [2.75, 3.05) is 0 Å². The largest absolute Gasteiger partial charge is 0.464 e. The SMILES string of the molecule is CC(C)Cc1coc2cc(-c3cc(-c4cc(C(C)(C)C)c5ccccc5c4)nc4ccoc34)ccc12. The van der Waals surface area contributed by atoms with Gasteiger partial charge in [0.2, 0.25) is 0 Å². The molecule has 0 aliphatic heterocycles. The lowest BCUT2D eigenvalue weighted by Gasteiger charge is -2.23. The average molecular weight is 474 g/mol. The number of hydrogen-bond acceptors (Lipinski definition) is 3. The fraction of sp³-hybridized carbons (Fsp3) is 0.242. The highest BCUT2D eigenvalue weighted by molar-refractivity contribution is 5.97. The predicted molar refractivity (Wildman–Crippen MR) is 149 cm³/mol. The number of aromatic nitrogens is 1. The van der Waals surface area contributed by atoms with Crippen LogP contribution in [-0.2, 0) is 11.8 Å². The molecule has 6 rings (SSSR count). The van der Waals surface area contributed by atoms with Gasteiger partial charge in [0.25, 0.3) is 0 Å². The predicted octanol–water partition coefficient (Wildman–Crippen LogP) is 9.56. The molecule has 3 heterocycles. The van der Waals surface area contributed by atoms with Crippen molar-refractivity contribution in [2.45, 2.75) is 46.5 Å². The van der Waals surface area contributed by atoms with Crippen LogP contribution < -0.4 is 0 Å². The molecule has 3 nitrogen and oxygen atoms in total. The van der Waals surface area contributed by atoms with E-state index in [0.717, 1.165) is 45.5 Å². The molecule has 3 aromatic heterocycles. The van der Waals surface area contributed by atoms with Gasteiger partial charge in [-0.25, -0.2) is 4.98 Å². The van der Waals surface area contributed by atoms with Crippen molar-refractivity contribution >= 4 is 32.8 Å². The van der Waals surface area contributed by atoms with Gasteiger partial charge in [0.15, 0.2) is 5.58 Å². The second-order valence-corrected chi connectivity index (χ2v) is 11.3. The molecule has 6 aromatic rings. The van der Waals surface area contributed by atoms with E-state index >= 15 is 0 Å². The Hall–Kier alpha value is -3.85. The van der Waals surface area contributed by atoms with Crippen molar-refractivity contribution in [3.05, 3.63) is 90.4 Å². The van der Waals surface area contributed by atoms with Crippen molar-refractivity contribution in [1.82, 2.24) is 4.98 Å². The van der Waals surface area contributed by atoms with Crippen LogP contribution in [0.1, 0.15) is 45.7 Å². The average Bonchev–Trinajstić information content (AvgIpc) is 3.48. The lowest BCUT2D eigenvalue weighted by Crippen LogP contribution is -2.12. The summed E-state index contributed by atoms with van der Waals surface area (Å²) in [5, 5.41) is 3.70. The Labute approximate surface area is 211 Å². The van der Waals surface area contributed by atoms with Crippen molar-refractivity contribution in [1.29, 1.82) is 0 Å². The summed E-state index contributed by atoms with van der Waals surface area (Å²) in [5.74, 6) is 0.580. The molecule has 3 aromatic carbocycles. The number of hydrogen-bond donors (Lipinski definition) is 0. The smallest absolute Gasteiger partial charge is 0.160 e. The highest BCUT2D eigenvalue weighted by Crippen LogP contribution is 2.38. The topological polar surface area (TPSA) is 39.2 Å². The highest BCUT2D eigenvalue weighted by Gasteiger charge is 2.20. The summed E-state index contributed by atoms with van der Waals surface area (Å²) in [4.78, 5) is 5.00. The number of fused-ring (bicyclic) bond motifs is 3. The molecule has 0 bridgehead atoms. The summed E-state index contributed by atoms with van der Waals surface area (Å²) in [5.41, 5.74) is 9.28. The van der Waals surface area contributed by atoms with E-state index in [2.05, 4.69) is 95.3 Å². The zero-order valence-corrected chi connectivity index (χ0v) is 21.6. The first kappa shape index (κ1) is 22.6. The number of pyridine rings is 1. The van der Waals surface area contributed by atoms with Gasteiger partial charge in [-0.3, -0.25) is 0 Å². The maximum atomic E-state index is 5.98. The van der Waals surface area contributed by atoms with Crippen LogP contribution in [0.15, 0.2) is 88.1 Å². The van der Waals surface area contributed by atoms with E-state index in [1.54, 1.807) is 6.26 Å². The van der Waals surface area contributed by atoms with E-state index < -0.39 is 0 Å². The second kappa shape index (κ2) is 8.37. The Balaban J connectivity index is 1.54. The van der Waals surface area contributed by atoms with Gasteiger partial charge in [-0.2, -0.15) is 0 Å². The van der Waals surface area contributed by atoms with E-state index in [1.807, 2.05) is 12.3 Å². The van der Waals surface area contributed by atoms with E-state index in [-0.39, 0.29) is 5.41 Å². The maximum Gasteiger partial charge on any atom is 0.160 e. The molecule has 0 amide bonds. The minimum Gasteiger partial charge on any atom is -0.464 e. The molecule has 36 heavy (non-hydrogen) atoms. The molecule has 0 spiro atoms. The molecule has 3 heteroatoms. The number of furan rings is 2. The zero-order chi connectivity index (χ0) is 25.0. The van der Waals surface area contributed by atoms with Gasteiger partial charge in [0.05, 0.1) is 18.2 Å². The monoisotopic (exact) mass is 473 g/mol. The Morgan fingerprint density at radius 1 is 0.833 bits per heavy atom. The van der Waals surface area contributed by atoms with Gasteiger partial charge >= 0.3 is 0 Å². The Bertz CT molecular complexity index is 1730. The molecular formula is C33H31NO2. The van der Waals surface area contributed by atoms with Gasteiger partial charge in [-0.05, 0) is 69.5 Å². The van der Waals surface area contributed by atoms with Crippen LogP contribution in [0.5, 0.6) is 0 Å². The van der Waals surface area contributed by atoms with Crippen LogP contribution in [0.3, 0.4) is 0 Å². The molecule has 180 valence electrons. The van der Waals surface area contributed by atoms with Crippen LogP contribution in [0.4, 0.5) is 0 Å². The molecule has 0 fully saturated rings. The van der Waals surface area contributed by atoms with Gasteiger partial charge in [-0.1, -0.05) is 71.0 Å². The van der Waals surface area contributed by atoms with Crippen LogP contribution >= 0.6 is 0 Å². The molecule has 0 unspecified atom stereocenters. The number of benzene rings is 3. The molecule has 0 N–H and O–H groups in total. The normalized spacial score (nSPS) is 12.4. The molecule has 0 aliphatic carbocycles. The quantitative estimate of drug-likeness (QED) is 0.256. The minimum absolute atomic E-state index is 0.0101. The molecule has 0 radical (unpaired) electrons. The molecule has 0 saturated carbocycles. The summed E-state index contributed by atoms with van der Waals surface area (Å²) in [7, 11) is 0. The van der Waals surface area contributed by atoms with Crippen LogP contribution in [0.2, 0.25) is 0 Å². The van der Waals surface area contributed by atoms with Crippen molar-refractivity contribution < 1.29 is 8.83 Å². The first-order chi connectivity index (χ1) is 17.3. The van der Waals surface area contributed by atoms with E-state index in [9.17, 15) is 0 Å². The van der Waals surface area contributed by atoms with Gasteiger partial charge < -0.3 is 8.83 Å². The van der Waals surface area contributed by atoms with E-state index in [4.69, 9.17) is 13.8 Å². The molecule has 0 aliphatic rings. The summed E-state index contributed by atoms with van der Waals surface area (Å²) in [6.45, 7) is 11.3. The minimum atomic E-state index is 0.0101. The third-order valence-corrected chi connectivity index (χ3v) is 6.97. The summed E-state index contributed by atoms with van der Waals surface area (Å²) < 4.78 is 11.9. The maximum absolute atomic E-state index is 5.98. The van der Waals surface area contributed by atoms with Crippen molar-refractivity contribution in [3.8, 4) is 22.4 Å².